The second-order valence-corrected chi connectivity index (χ2v) is 3.45. The smallest absolute Gasteiger partial charge is 0.0529 e. The zero-order chi connectivity index (χ0) is 5.82. The normalized spacial score (nSPS) is 30.4. The van der Waals surface area contributed by atoms with E-state index in [-0.39, 0.29) is 0 Å². The fourth-order valence-electron chi connectivity index (χ4n) is 0.968. The molecular weight excluding hydrogens is 118 g/mol. The molecule has 1 unspecified atom stereocenters. The lowest BCUT2D eigenvalue weighted by atomic mass is 10.2. The first-order valence-corrected chi connectivity index (χ1v) is 4.27. The average Bonchev–Trinajstić information content (AvgIpc) is 1.90. The fraction of sp³-hybridized carbons (Fsp3) is 1.00. The lowest BCUT2D eigenvalue weighted by Crippen LogP contribution is -2.24. The summed E-state index contributed by atoms with van der Waals surface area (Å²) in [6, 6.07) is 0. The minimum Gasteiger partial charge on any atom is -0.308 e. The van der Waals surface area contributed by atoms with Crippen LogP contribution in [0.25, 0.3) is 0 Å². The Balaban J connectivity index is 2.13. The van der Waals surface area contributed by atoms with E-state index in [4.69, 9.17) is 0 Å². The number of hydrogen-bond acceptors (Lipinski definition) is 2. The molecule has 0 aromatic carbocycles. The molecule has 1 fully saturated rings. The Hall–Kier alpha value is 0.310. The first-order chi connectivity index (χ1) is 3.93. The van der Waals surface area contributed by atoms with Crippen molar-refractivity contribution in [2.45, 2.75) is 24.6 Å². The van der Waals surface area contributed by atoms with Crippen LogP contribution in [0.4, 0.5) is 0 Å². The Labute approximate surface area is 55.2 Å². The number of thioether (sulfide) groups is 1. The van der Waals surface area contributed by atoms with Crippen molar-refractivity contribution in [3.8, 4) is 0 Å². The van der Waals surface area contributed by atoms with Crippen molar-refractivity contribution in [1.29, 1.82) is 0 Å². The van der Waals surface area contributed by atoms with E-state index < -0.39 is 0 Å². The molecule has 0 spiro atoms. The Morgan fingerprint density at radius 2 is 2.38 bits per heavy atom. The van der Waals surface area contributed by atoms with Crippen LogP contribution in [0.15, 0.2) is 0 Å². The van der Waals surface area contributed by atoms with Gasteiger partial charge in [-0.25, -0.2) is 0 Å². The molecule has 1 nitrogen and oxygen atoms in total. The Kier molecular flexibility index (Phi) is 2.70. The molecule has 1 heterocycles. The first-order valence-electron chi connectivity index (χ1n) is 3.22. The summed E-state index contributed by atoms with van der Waals surface area (Å²) in [7, 11) is 2.04. The molecule has 1 atom stereocenters. The molecule has 1 rings (SSSR count). The number of hydrogen-bond donors (Lipinski definition) is 1. The maximum Gasteiger partial charge on any atom is 0.0529 e. The summed E-state index contributed by atoms with van der Waals surface area (Å²) >= 11 is 2.05. The van der Waals surface area contributed by atoms with Crippen LogP contribution in [-0.4, -0.2) is 18.2 Å². The predicted octanol–water partition coefficient (Wildman–Crippen LogP) is 1.45. The van der Waals surface area contributed by atoms with Gasteiger partial charge in [-0.1, -0.05) is 6.42 Å². The van der Waals surface area contributed by atoms with Crippen LogP contribution in [-0.2, 0) is 0 Å². The van der Waals surface area contributed by atoms with Gasteiger partial charge >= 0.3 is 0 Å². The summed E-state index contributed by atoms with van der Waals surface area (Å²) < 4.78 is 0. The molecule has 0 saturated carbocycles. The zero-order valence-electron chi connectivity index (χ0n) is 5.31. The van der Waals surface area contributed by atoms with E-state index in [9.17, 15) is 0 Å². The van der Waals surface area contributed by atoms with Crippen molar-refractivity contribution in [2.24, 2.45) is 0 Å². The highest BCUT2D eigenvalue weighted by Gasteiger charge is 2.09. The molecule has 0 bridgehead atoms. The van der Waals surface area contributed by atoms with E-state index >= 15 is 0 Å². The summed E-state index contributed by atoms with van der Waals surface area (Å²) in [5, 5.41) is 4.02. The molecule has 0 radical (unpaired) electrons. The molecule has 0 aromatic heterocycles. The lowest BCUT2D eigenvalue weighted by Gasteiger charge is -2.19. The van der Waals surface area contributed by atoms with Crippen LogP contribution >= 0.6 is 11.8 Å². The third-order valence-corrected chi connectivity index (χ3v) is 2.90. The zero-order valence-corrected chi connectivity index (χ0v) is 6.13. The van der Waals surface area contributed by atoms with Gasteiger partial charge in [0.25, 0.3) is 0 Å². The molecule has 1 N–H and O–H groups in total. The quantitative estimate of drug-likeness (QED) is 0.578. The molecular formula is C6H13NS. The average molecular weight is 131 g/mol. The van der Waals surface area contributed by atoms with Crippen LogP contribution in [0.2, 0.25) is 0 Å². The molecule has 0 amide bonds. The molecule has 0 aliphatic carbocycles. The molecule has 0 aromatic rings. The number of rotatable bonds is 1. The molecule has 48 valence electrons. The third-order valence-electron chi connectivity index (χ3n) is 1.50. The highest BCUT2D eigenvalue weighted by atomic mass is 32.2. The van der Waals surface area contributed by atoms with Gasteiger partial charge in [0, 0.05) is 0 Å². The SMILES string of the molecule is CNC1CCCCS1. The van der Waals surface area contributed by atoms with Crippen LogP contribution in [0.5, 0.6) is 0 Å². The van der Waals surface area contributed by atoms with Gasteiger partial charge in [-0.05, 0) is 25.6 Å². The molecule has 8 heavy (non-hydrogen) atoms. The summed E-state index contributed by atoms with van der Waals surface area (Å²) in [6.45, 7) is 0. The molecule has 1 aliphatic heterocycles. The minimum absolute atomic E-state index is 0.753. The Bertz CT molecular complexity index is 59.5. The van der Waals surface area contributed by atoms with E-state index in [0.29, 0.717) is 0 Å². The predicted molar refractivity (Wildman–Crippen MR) is 39.2 cm³/mol. The Morgan fingerprint density at radius 3 is 2.75 bits per heavy atom. The van der Waals surface area contributed by atoms with Crippen LogP contribution in [0, 0.1) is 0 Å². The van der Waals surface area contributed by atoms with E-state index in [1.807, 2.05) is 7.05 Å². The van der Waals surface area contributed by atoms with Crippen LogP contribution < -0.4 is 5.32 Å². The maximum atomic E-state index is 3.27. The first kappa shape index (κ1) is 6.43. The summed E-state index contributed by atoms with van der Waals surface area (Å²) in [5.74, 6) is 1.35. The van der Waals surface area contributed by atoms with Gasteiger partial charge in [0.05, 0.1) is 5.37 Å². The summed E-state index contributed by atoms with van der Waals surface area (Å²) in [6.07, 6.45) is 4.20. The fourth-order valence-corrected chi connectivity index (χ4v) is 2.12. The van der Waals surface area contributed by atoms with Gasteiger partial charge in [0.2, 0.25) is 0 Å². The highest BCUT2D eigenvalue weighted by Crippen LogP contribution is 2.21. The molecule has 1 aliphatic rings. The second-order valence-electron chi connectivity index (χ2n) is 2.14. The van der Waals surface area contributed by atoms with Crippen molar-refractivity contribution in [2.75, 3.05) is 12.8 Å². The van der Waals surface area contributed by atoms with E-state index in [2.05, 4.69) is 17.1 Å². The van der Waals surface area contributed by atoms with Gasteiger partial charge in [0.15, 0.2) is 0 Å². The number of nitrogens with one attached hydrogen (secondary N) is 1. The largest absolute Gasteiger partial charge is 0.308 e. The van der Waals surface area contributed by atoms with Gasteiger partial charge in [-0.3, -0.25) is 0 Å². The van der Waals surface area contributed by atoms with Crippen molar-refractivity contribution in [3.63, 3.8) is 0 Å². The summed E-state index contributed by atoms with van der Waals surface area (Å²) in [4.78, 5) is 0. The van der Waals surface area contributed by atoms with Crippen LogP contribution in [0.1, 0.15) is 19.3 Å². The topological polar surface area (TPSA) is 12.0 Å². The van der Waals surface area contributed by atoms with Crippen molar-refractivity contribution in [1.82, 2.24) is 5.32 Å². The maximum absolute atomic E-state index is 3.27. The van der Waals surface area contributed by atoms with Gasteiger partial charge in [-0.15, -0.1) is 11.8 Å². The molecule has 1 saturated heterocycles. The van der Waals surface area contributed by atoms with E-state index in [0.717, 1.165) is 5.37 Å². The van der Waals surface area contributed by atoms with Gasteiger partial charge in [-0.2, -0.15) is 0 Å². The minimum atomic E-state index is 0.753. The second kappa shape index (κ2) is 3.36. The van der Waals surface area contributed by atoms with Crippen molar-refractivity contribution >= 4 is 11.8 Å². The lowest BCUT2D eigenvalue weighted by molar-refractivity contribution is 0.612. The van der Waals surface area contributed by atoms with Gasteiger partial charge < -0.3 is 5.32 Å². The monoisotopic (exact) mass is 131 g/mol. The van der Waals surface area contributed by atoms with E-state index in [1.165, 1.54) is 25.0 Å². The Morgan fingerprint density at radius 1 is 1.50 bits per heavy atom. The standard InChI is InChI=1S/C6H13NS/c1-7-6-4-2-3-5-8-6/h6-7H,2-5H2,1H3. The van der Waals surface area contributed by atoms with Crippen molar-refractivity contribution in [3.05, 3.63) is 0 Å². The third kappa shape index (κ3) is 1.67. The van der Waals surface area contributed by atoms with Gasteiger partial charge in [0.1, 0.15) is 0 Å². The summed E-state index contributed by atoms with van der Waals surface area (Å²) in [5.41, 5.74) is 0. The highest BCUT2D eigenvalue weighted by molar-refractivity contribution is 7.99. The van der Waals surface area contributed by atoms with E-state index in [1.54, 1.807) is 0 Å². The van der Waals surface area contributed by atoms with Crippen molar-refractivity contribution < 1.29 is 0 Å². The van der Waals surface area contributed by atoms with Crippen LogP contribution in [0.3, 0.4) is 0 Å². The molecule has 2 heteroatoms.